The molecule has 0 spiro atoms. The molecule has 0 saturated carbocycles. The van der Waals surface area contributed by atoms with Gasteiger partial charge >= 0.3 is 6.09 Å². The summed E-state index contributed by atoms with van der Waals surface area (Å²) in [5.74, 6) is -0.452. The first kappa shape index (κ1) is 14.2. The van der Waals surface area contributed by atoms with E-state index in [0.29, 0.717) is 10.7 Å². The van der Waals surface area contributed by atoms with Gasteiger partial charge in [0, 0.05) is 6.20 Å². The molecule has 0 fully saturated rings. The van der Waals surface area contributed by atoms with Crippen molar-refractivity contribution >= 4 is 23.6 Å². The van der Waals surface area contributed by atoms with Crippen LogP contribution in [0.1, 0.15) is 19.5 Å². The Kier molecular flexibility index (Phi) is 4.49. The molecule has 1 rings (SSSR count). The van der Waals surface area contributed by atoms with E-state index in [1.54, 1.807) is 18.3 Å². The zero-order valence-corrected chi connectivity index (χ0v) is 10.8. The molecule has 0 radical (unpaired) electrons. The molecular weight excluding hydrogens is 258 g/mol. The summed E-state index contributed by atoms with van der Waals surface area (Å²) in [4.78, 5) is 26.3. The number of rotatable bonds is 4. The SMILES string of the molecule is CC(C)(NC(=O)O)C(=O)NCc1ncccc1Cl. The number of carboxylic acid groups (broad SMARTS) is 1. The van der Waals surface area contributed by atoms with Gasteiger partial charge in [-0.15, -0.1) is 0 Å². The van der Waals surface area contributed by atoms with Crippen LogP contribution in [0.4, 0.5) is 4.79 Å². The predicted octanol–water partition coefficient (Wildman–Crippen LogP) is 1.40. The maximum atomic E-state index is 11.8. The summed E-state index contributed by atoms with van der Waals surface area (Å²) in [7, 11) is 0. The standard InChI is InChI=1S/C11H14ClN3O3/c1-11(2,15-10(17)18)9(16)14-6-8-7(12)4-3-5-13-8/h3-5,15H,6H2,1-2H3,(H,14,16)(H,17,18). The van der Waals surface area contributed by atoms with Crippen molar-refractivity contribution in [2.24, 2.45) is 0 Å². The van der Waals surface area contributed by atoms with E-state index in [1.807, 2.05) is 0 Å². The normalized spacial score (nSPS) is 10.8. The Balaban J connectivity index is 2.61. The zero-order valence-electron chi connectivity index (χ0n) is 10.0. The highest BCUT2D eigenvalue weighted by molar-refractivity contribution is 6.31. The summed E-state index contributed by atoms with van der Waals surface area (Å²) in [6.07, 6.45) is 0.305. The van der Waals surface area contributed by atoms with E-state index in [2.05, 4.69) is 15.6 Å². The quantitative estimate of drug-likeness (QED) is 0.772. The van der Waals surface area contributed by atoms with E-state index in [0.717, 1.165) is 0 Å². The molecule has 0 unspecified atom stereocenters. The number of aromatic nitrogens is 1. The van der Waals surface area contributed by atoms with Crippen LogP contribution in [-0.4, -0.2) is 27.6 Å². The second kappa shape index (κ2) is 5.68. The molecule has 3 N–H and O–H groups in total. The van der Waals surface area contributed by atoms with Gasteiger partial charge in [0.1, 0.15) is 5.54 Å². The number of hydrogen-bond acceptors (Lipinski definition) is 3. The van der Waals surface area contributed by atoms with Crippen LogP contribution < -0.4 is 10.6 Å². The molecule has 0 aliphatic rings. The lowest BCUT2D eigenvalue weighted by Gasteiger charge is -2.23. The summed E-state index contributed by atoms with van der Waals surface area (Å²) in [6, 6.07) is 3.35. The number of nitrogens with one attached hydrogen (secondary N) is 2. The maximum absolute atomic E-state index is 11.8. The van der Waals surface area contributed by atoms with Crippen LogP contribution in [0.25, 0.3) is 0 Å². The highest BCUT2D eigenvalue weighted by Gasteiger charge is 2.29. The number of carbonyl (C=O) groups excluding carboxylic acids is 1. The fraction of sp³-hybridized carbons (Fsp3) is 0.364. The van der Waals surface area contributed by atoms with Crippen molar-refractivity contribution in [1.82, 2.24) is 15.6 Å². The number of carbonyl (C=O) groups is 2. The minimum absolute atomic E-state index is 0.142. The summed E-state index contributed by atoms with van der Waals surface area (Å²) < 4.78 is 0. The molecule has 0 aliphatic carbocycles. The molecule has 18 heavy (non-hydrogen) atoms. The molecule has 0 saturated heterocycles. The summed E-state index contributed by atoms with van der Waals surface area (Å²) >= 11 is 5.88. The van der Waals surface area contributed by atoms with Crippen molar-refractivity contribution in [3.05, 3.63) is 29.0 Å². The van der Waals surface area contributed by atoms with E-state index in [4.69, 9.17) is 16.7 Å². The van der Waals surface area contributed by atoms with E-state index in [1.165, 1.54) is 13.8 Å². The van der Waals surface area contributed by atoms with Gasteiger partial charge in [-0.1, -0.05) is 11.6 Å². The van der Waals surface area contributed by atoms with Gasteiger partial charge in [-0.25, -0.2) is 4.79 Å². The average molecular weight is 272 g/mol. The Bertz CT molecular complexity index is 463. The molecular formula is C11H14ClN3O3. The fourth-order valence-electron chi connectivity index (χ4n) is 1.26. The number of hydrogen-bond donors (Lipinski definition) is 3. The third-order valence-electron chi connectivity index (χ3n) is 2.24. The van der Waals surface area contributed by atoms with Crippen molar-refractivity contribution in [3.8, 4) is 0 Å². The minimum atomic E-state index is -1.26. The van der Waals surface area contributed by atoms with Crippen LogP contribution in [0.5, 0.6) is 0 Å². The smallest absolute Gasteiger partial charge is 0.405 e. The first-order chi connectivity index (χ1) is 8.33. The monoisotopic (exact) mass is 271 g/mol. The Morgan fingerprint density at radius 1 is 1.50 bits per heavy atom. The number of pyridine rings is 1. The van der Waals surface area contributed by atoms with Crippen LogP contribution in [0.15, 0.2) is 18.3 Å². The van der Waals surface area contributed by atoms with Gasteiger partial charge in [-0.05, 0) is 26.0 Å². The maximum Gasteiger partial charge on any atom is 0.405 e. The van der Waals surface area contributed by atoms with E-state index >= 15 is 0 Å². The molecule has 0 bridgehead atoms. The topological polar surface area (TPSA) is 91.3 Å². The Morgan fingerprint density at radius 2 is 2.17 bits per heavy atom. The van der Waals surface area contributed by atoms with Gasteiger partial charge < -0.3 is 15.7 Å². The van der Waals surface area contributed by atoms with E-state index in [9.17, 15) is 9.59 Å². The van der Waals surface area contributed by atoms with Crippen LogP contribution in [0, 0.1) is 0 Å². The van der Waals surface area contributed by atoms with Crippen molar-refractivity contribution in [2.75, 3.05) is 0 Å². The predicted molar refractivity (Wildman–Crippen MR) is 66.3 cm³/mol. The third kappa shape index (κ3) is 3.89. The van der Waals surface area contributed by atoms with Crippen molar-refractivity contribution in [2.45, 2.75) is 25.9 Å². The van der Waals surface area contributed by atoms with Crippen molar-refractivity contribution in [1.29, 1.82) is 0 Å². The van der Waals surface area contributed by atoms with Crippen LogP contribution in [-0.2, 0) is 11.3 Å². The number of nitrogens with zero attached hydrogens (tertiary/aromatic N) is 1. The molecule has 2 amide bonds. The summed E-state index contributed by atoms with van der Waals surface area (Å²) in [5, 5.41) is 13.7. The van der Waals surface area contributed by atoms with Crippen LogP contribution >= 0.6 is 11.6 Å². The molecule has 0 aromatic carbocycles. The molecule has 0 aliphatic heterocycles. The Labute approximate surface area is 109 Å². The van der Waals surface area contributed by atoms with Gasteiger partial charge in [0.15, 0.2) is 0 Å². The van der Waals surface area contributed by atoms with Crippen molar-refractivity contribution < 1.29 is 14.7 Å². The molecule has 1 aromatic rings. The molecule has 7 heteroatoms. The molecule has 1 aromatic heterocycles. The number of halogens is 1. The third-order valence-corrected chi connectivity index (χ3v) is 2.58. The van der Waals surface area contributed by atoms with E-state index in [-0.39, 0.29) is 6.54 Å². The first-order valence-electron chi connectivity index (χ1n) is 5.22. The summed E-state index contributed by atoms with van der Waals surface area (Å²) in [6.45, 7) is 3.08. The minimum Gasteiger partial charge on any atom is -0.465 e. The lowest BCUT2D eigenvalue weighted by Crippen LogP contribution is -2.54. The molecule has 98 valence electrons. The van der Waals surface area contributed by atoms with E-state index < -0.39 is 17.5 Å². The Morgan fingerprint density at radius 3 is 2.72 bits per heavy atom. The Hall–Kier alpha value is -1.82. The first-order valence-corrected chi connectivity index (χ1v) is 5.59. The largest absolute Gasteiger partial charge is 0.465 e. The van der Waals surface area contributed by atoms with Gasteiger partial charge in [-0.3, -0.25) is 9.78 Å². The average Bonchev–Trinajstić information content (AvgIpc) is 2.25. The van der Waals surface area contributed by atoms with Gasteiger partial charge in [0.05, 0.1) is 17.3 Å². The van der Waals surface area contributed by atoms with Gasteiger partial charge in [-0.2, -0.15) is 0 Å². The van der Waals surface area contributed by atoms with Crippen molar-refractivity contribution in [3.63, 3.8) is 0 Å². The van der Waals surface area contributed by atoms with Gasteiger partial charge in [0.2, 0.25) is 5.91 Å². The molecule has 1 heterocycles. The second-order valence-electron chi connectivity index (χ2n) is 4.17. The zero-order chi connectivity index (χ0) is 13.8. The second-order valence-corrected chi connectivity index (χ2v) is 4.58. The lowest BCUT2D eigenvalue weighted by atomic mass is 10.1. The lowest BCUT2D eigenvalue weighted by molar-refractivity contribution is -0.126. The number of amides is 2. The van der Waals surface area contributed by atoms with Crippen LogP contribution in [0.3, 0.4) is 0 Å². The van der Waals surface area contributed by atoms with Gasteiger partial charge in [0.25, 0.3) is 0 Å². The fourth-order valence-corrected chi connectivity index (χ4v) is 1.45. The highest BCUT2D eigenvalue weighted by Crippen LogP contribution is 2.12. The summed E-state index contributed by atoms with van der Waals surface area (Å²) in [5.41, 5.74) is -0.689. The highest BCUT2D eigenvalue weighted by atomic mass is 35.5. The molecule has 6 nitrogen and oxygen atoms in total. The van der Waals surface area contributed by atoms with Crippen LogP contribution in [0.2, 0.25) is 5.02 Å². The molecule has 0 atom stereocenters.